The van der Waals surface area contributed by atoms with Crippen LogP contribution < -0.4 is 0 Å². The van der Waals surface area contributed by atoms with Crippen molar-refractivity contribution in [2.75, 3.05) is 0 Å². The van der Waals surface area contributed by atoms with Crippen LogP contribution in [0, 0.1) is 10.1 Å². The maximum Gasteiger partial charge on any atom is 0.281 e. The first-order valence-electron chi connectivity index (χ1n) is 6.06. The Labute approximate surface area is 128 Å². The Balaban J connectivity index is 1.92. The molecule has 3 rings (SSSR count). The van der Waals surface area contributed by atoms with Crippen LogP contribution in [0.3, 0.4) is 0 Å². The minimum Gasteiger partial charge on any atom is -0.455 e. The van der Waals surface area contributed by atoms with E-state index in [9.17, 15) is 10.1 Å². The van der Waals surface area contributed by atoms with Gasteiger partial charge in [-0.25, -0.2) is 4.68 Å². The van der Waals surface area contributed by atoms with Crippen molar-refractivity contribution in [3.05, 3.63) is 63.9 Å². The van der Waals surface area contributed by atoms with E-state index in [2.05, 4.69) is 15.3 Å². The average molecular weight is 318 g/mol. The van der Waals surface area contributed by atoms with Gasteiger partial charge in [0, 0.05) is 11.1 Å². The Morgan fingerprint density at radius 2 is 2.05 bits per heavy atom. The Bertz CT molecular complexity index is 841. The molecule has 0 saturated heterocycles. The summed E-state index contributed by atoms with van der Waals surface area (Å²) in [5.41, 5.74) is 0.225. The third-order valence-corrected chi connectivity index (χ3v) is 3.01. The molecule has 22 heavy (non-hydrogen) atoms. The summed E-state index contributed by atoms with van der Waals surface area (Å²) < 4.78 is 6.94. The summed E-state index contributed by atoms with van der Waals surface area (Å²) in [5.74, 6) is 0.793. The lowest BCUT2D eigenvalue weighted by molar-refractivity contribution is -0.384. The first kappa shape index (κ1) is 14.0. The lowest BCUT2D eigenvalue weighted by Crippen LogP contribution is -1.91. The molecule has 0 aliphatic rings. The molecule has 110 valence electrons. The number of hydrogen-bond acceptors (Lipinski definition) is 6. The first-order chi connectivity index (χ1) is 10.6. The number of halogens is 1. The predicted octanol–water partition coefficient (Wildman–Crippen LogP) is 2.98. The second kappa shape index (κ2) is 5.78. The molecule has 0 saturated carbocycles. The van der Waals surface area contributed by atoms with Crippen LogP contribution in [0.15, 0.2) is 52.5 Å². The summed E-state index contributed by atoms with van der Waals surface area (Å²) in [6.45, 7) is 0. The van der Waals surface area contributed by atoms with Gasteiger partial charge in [0.15, 0.2) is 0 Å². The molecule has 2 heterocycles. The van der Waals surface area contributed by atoms with E-state index >= 15 is 0 Å². The predicted molar refractivity (Wildman–Crippen MR) is 78.8 cm³/mol. The van der Waals surface area contributed by atoms with Crippen LogP contribution in [-0.2, 0) is 0 Å². The summed E-state index contributed by atoms with van der Waals surface area (Å²) in [6.07, 6.45) is 4.30. The smallest absolute Gasteiger partial charge is 0.281 e. The number of nitro groups is 1. The molecule has 1 aromatic carbocycles. The largest absolute Gasteiger partial charge is 0.455 e. The number of furan rings is 1. The van der Waals surface area contributed by atoms with Gasteiger partial charge < -0.3 is 4.42 Å². The molecule has 0 aliphatic heterocycles. The Kier molecular flexibility index (Phi) is 3.67. The second-order valence-corrected chi connectivity index (χ2v) is 4.64. The molecular weight excluding hydrogens is 310 g/mol. The third kappa shape index (κ3) is 2.86. The SMILES string of the molecule is O=[N+]([O-])c1cc(Cl)ccc1-c1ccc(C=Nn2cnnc2)o1. The van der Waals surface area contributed by atoms with E-state index in [4.69, 9.17) is 16.0 Å². The fraction of sp³-hybridized carbons (Fsp3) is 0. The zero-order valence-corrected chi connectivity index (χ0v) is 11.7. The van der Waals surface area contributed by atoms with Crippen molar-refractivity contribution in [1.82, 2.24) is 14.9 Å². The lowest BCUT2D eigenvalue weighted by atomic mass is 10.1. The van der Waals surface area contributed by atoms with Crippen LogP contribution >= 0.6 is 11.6 Å². The highest BCUT2D eigenvalue weighted by Gasteiger charge is 2.18. The molecule has 0 aliphatic carbocycles. The van der Waals surface area contributed by atoms with Crippen LogP contribution in [-0.4, -0.2) is 26.0 Å². The average Bonchev–Trinajstić information content (AvgIpc) is 3.16. The Morgan fingerprint density at radius 1 is 1.27 bits per heavy atom. The van der Waals surface area contributed by atoms with E-state index in [1.54, 1.807) is 24.3 Å². The molecule has 2 aromatic heterocycles. The quantitative estimate of drug-likeness (QED) is 0.418. The van der Waals surface area contributed by atoms with E-state index in [1.165, 1.54) is 29.6 Å². The minimum absolute atomic E-state index is 0.121. The molecule has 3 aromatic rings. The maximum absolute atomic E-state index is 11.1. The van der Waals surface area contributed by atoms with Crippen LogP contribution in [0.2, 0.25) is 5.02 Å². The van der Waals surface area contributed by atoms with Crippen LogP contribution in [0.1, 0.15) is 5.76 Å². The van der Waals surface area contributed by atoms with Crippen molar-refractivity contribution in [3.63, 3.8) is 0 Å². The zero-order valence-electron chi connectivity index (χ0n) is 11.0. The van der Waals surface area contributed by atoms with Crippen molar-refractivity contribution in [1.29, 1.82) is 0 Å². The number of hydrogen-bond donors (Lipinski definition) is 0. The Morgan fingerprint density at radius 3 is 2.77 bits per heavy atom. The van der Waals surface area contributed by atoms with E-state index < -0.39 is 4.92 Å². The molecule has 0 N–H and O–H groups in total. The number of benzene rings is 1. The first-order valence-corrected chi connectivity index (χ1v) is 6.44. The molecule has 8 nitrogen and oxygen atoms in total. The molecule has 0 unspecified atom stereocenters. The second-order valence-electron chi connectivity index (χ2n) is 4.21. The van der Waals surface area contributed by atoms with Crippen LogP contribution in [0.5, 0.6) is 0 Å². The monoisotopic (exact) mass is 317 g/mol. The van der Waals surface area contributed by atoms with E-state index in [1.807, 2.05) is 0 Å². The fourth-order valence-electron chi connectivity index (χ4n) is 1.81. The number of nitro benzene ring substituents is 1. The third-order valence-electron chi connectivity index (χ3n) is 2.77. The summed E-state index contributed by atoms with van der Waals surface area (Å²) in [5, 5.41) is 22.6. The Hall–Kier alpha value is -3.00. The fourth-order valence-corrected chi connectivity index (χ4v) is 1.98. The van der Waals surface area contributed by atoms with Crippen molar-refractivity contribution < 1.29 is 9.34 Å². The number of rotatable bonds is 4. The molecule has 0 spiro atoms. The van der Waals surface area contributed by atoms with Gasteiger partial charge in [-0.2, -0.15) is 5.10 Å². The van der Waals surface area contributed by atoms with Crippen molar-refractivity contribution >= 4 is 23.5 Å². The van der Waals surface area contributed by atoms with Gasteiger partial charge in [-0.1, -0.05) is 11.6 Å². The van der Waals surface area contributed by atoms with Gasteiger partial charge in [0.2, 0.25) is 0 Å². The number of aromatic nitrogens is 3. The lowest BCUT2D eigenvalue weighted by Gasteiger charge is -2.00. The molecule has 0 bridgehead atoms. The summed E-state index contributed by atoms with van der Waals surface area (Å²) in [4.78, 5) is 10.6. The molecule has 0 atom stereocenters. The molecular formula is C13H8ClN5O3. The van der Waals surface area contributed by atoms with Crippen LogP contribution in [0.4, 0.5) is 5.69 Å². The van der Waals surface area contributed by atoms with Gasteiger partial charge in [0.1, 0.15) is 24.2 Å². The summed E-state index contributed by atoms with van der Waals surface area (Å²) in [6, 6.07) is 7.67. The van der Waals surface area contributed by atoms with Crippen LogP contribution in [0.25, 0.3) is 11.3 Å². The molecule has 9 heteroatoms. The van der Waals surface area contributed by atoms with Gasteiger partial charge in [0.25, 0.3) is 5.69 Å². The van der Waals surface area contributed by atoms with Gasteiger partial charge in [0.05, 0.1) is 16.7 Å². The van der Waals surface area contributed by atoms with Crippen molar-refractivity contribution in [2.45, 2.75) is 0 Å². The highest BCUT2D eigenvalue weighted by atomic mass is 35.5. The van der Waals surface area contributed by atoms with E-state index in [0.29, 0.717) is 17.1 Å². The van der Waals surface area contributed by atoms with Crippen molar-refractivity contribution in [3.8, 4) is 11.3 Å². The summed E-state index contributed by atoms with van der Waals surface area (Å²) in [7, 11) is 0. The topological polar surface area (TPSA) is 99.3 Å². The van der Waals surface area contributed by atoms with Crippen molar-refractivity contribution in [2.24, 2.45) is 5.10 Å². The number of nitrogens with zero attached hydrogens (tertiary/aromatic N) is 5. The standard InChI is InChI=1S/C13H8ClN5O3/c14-9-1-3-11(12(5-9)19(20)21)13-4-2-10(22-13)6-17-18-7-15-16-8-18/h1-8H. The molecule has 0 fully saturated rings. The molecule has 0 radical (unpaired) electrons. The van der Waals surface area contributed by atoms with E-state index in [0.717, 1.165) is 0 Å². The van der Waals surface area contributed by atoms with E-state index in [-0.39, 0.29) is 10.7 Å². The van der Waals surface area contributed by atoms with Gasteiger partial charge in [-0.05, 0) is 24.3 Å². The zero-order chi connectivity index (χ0) is 15.5. The van der Waals surface area contributed by atoms with Gasteiger partial charge in [-0.15, -0.1) is 10.2 Å². The molecule has 0 amide bonds. The normalized spacial score (nSPS) is 11.1. The summed E-state index contributed by atoms with van der Waals surface area (Å²) >= 11 is 5.79. The minimum atomic E-state index is -0.505. The highest BCUT2D eigenvalue weighted by Crippen LogP contribution is 2.33. The van der Waals surface area contributed by atoms with Gasteiger partial charge >= 0.3 is 0 Å². The highest BCUT2D eigenvalue weighted by molar-refractivity contribution is 6.30. The maximum atomic E-state index is 11.1. The van der Waals surface area contributed by atoms with Gasteiger partial charge in [-0.3, -0.25) is 10.1 Å².